The van der Waals surface area contributed by atoms with Crippen molar-refractivity contribution in [3.05, 3.63) is 180 Å². The Hall–Kier alpha value is -4.82. The van der Waals surface area contributed by atoms with Crippen molar-refractivity contribution >= 4 is 22.6 Å². The Labute approximate surface area is 250 Å². The van der Waals surface area contributed by atoms with Crippen molar-refractivity contribution in [3.63, 3.8) is 0 Å². The lowest BCUT2D eigenvalue weighted by Crippen LogP contribution is -2.25. The van der Waals surface area contributed by atoms with Gasteiger partial charge in [0.15, 0.2) is 0 Å². The number of hydrogen-bond donors (Lipinski definition) is 0. The van der Waals surface area contributed by atoms with Gasteiger partial charge in [-0.1, -0.05) is 128 Å². The Morgan fingerprint density at radius 1 is 0.857 bits per heavy atom. The van der Waals surface area contributed by atoms with Gasteiger partial charge in [-0.05, 0) is 60.8 Å². The van der Waals surface area contributed by atoms with Crippen molar-refractivity contribution in [1.82, 2.24) is 4.90 Å². The maximum absolute atomic E-state index is 6.32. The quantitative estimate of drug-likeness (QED) is 0.137. The van der Waals surface area contributed by atoms with Crippen molar-refractivity contribution < 1.29 is 4.42 Å². The predicted molar refractivity (Wildman–Crippen MR) is 180 cm³/mol. The molecule has 3 aromatic carbocycles. The van der Waals surface area contributed by atoms with Gasteiger partial charge in [0, 0.05) is 23.2 Å². The molecular formula is C40H39NO. The van der Waals surface area contributed by atoms with Crippen LogP contribution in [0.5, 0.6) is 0 Å². The van der Waals surface area contributed by atoms with E-state index >= 15 is 0 Å². The summed E-state index contributed by atoms with van der Waals surface area (Å²) in [6, 6.07) is 27.7. The minimum Gasteiger partial charge on any atom is -0.459 e. The maximum Gasteiger partial charge on any atom is 0.135 e. The first-order valence-corrected chi connectivity index (χ1v) is 14.6. The van der Waals surface area contributed by atoms with Gasteiger partial charge in [0.05, 0.1) is 12.0 Å². The van der Waals surface area contributed by atoms with Gasteiger partial charge in [0.25, 0.3) is 0 Å². The maximum atomic E-state index is 6.32. The average Bonchev–Trinajstić information content (AvgIpc) is 3.55. The summed E-state index contributed by atoms with van der Waals surface area (Å²) in [6.45, 7) is 16.0. The van der Waals surface area contributed by atoms with Crippen LogP contribution in [-0.4, -0.2) is 11.4 Å². The molecule has 1 unspecified atom stereocenters. The molecule has 2 nitrogen and oxygen atoms in total. The van der Waals surface area contributed by atoms with E-state index in [1.54, 1.807) is 0 Å². The normalized spacial score (nSPS) is 16.9. The zero-order chi connectivity index (χ0) is 29.5. The molecule has 1 aliphatic rings. The Kier molecular flexibility index (Phi) is 8.74. The van der Waals surface area contributed by atoms with Crippen LogP contribution in [0.2, 0.25) is 0 Å². The third kappa shape index (κ3) is 5.29. The van der Waals surface area contributed by atoms with Crippen molar-refractivity contribution in [2.45, 2.75) is 32.7 Å². The molecule has 5 rings (SSSR count). The fraction of sp³-hybridized carbons (Fsp3) is 0.150. The monoisotopic (exact) mass is 549 g/mol. The summed E-state index contributed by atoms with van der Waals surface area (Å²) in [6.07, 6.45) is 19.4. The van der Waals surface area contributed by atoms with Crippen LogP contribution in [0.4, 0.5) is 0 Å². The molecule has 210 valence electrons. The zero-order valence-electron chi connectivity index (χ0n) is 24.9. The third-order valence-electron chi connectivity index (χ3n) is 7.97. The summed E-state index contributed by atoms with van der Waals surface area (Å²) in [4.78, 5) is 2.21. The lowest BCUT2D eigenvalue weighted by atomic mass is 9.70. The second-order valence-corrected chi connectivity index (χ2v) is 10.5. The van der Waals surface area contributed by atoms with Crippen LogP contribution in [0, 0.1) is 0 Å². The molecule has 0 N–H and O–H groups in total. The SMILES string of the molecule is C=CCN(Cc1oc2ccccc2c1/C=C\C)C(=C)/C=C\C1=CC(C(/C=C\C)=C/C)(c2ccccc2)c2ccccc21. The summed E-state index contributed by atoms with van der Waals surface area (Å²) < 4.78 is 6.32. The number of nitrogens with zero attached hydrogens (tertiary/aromatic N) is 1. The van der Waals surface area contributed by atoms with Crippen molar-refractivity contribution in [2.24, 2.45) is 0 Å². The van der Waals surface area contributed by atoms with Crippen LogP contribution in [-0.2, 0) is 12.0 Å². The molecule has 1 atom stereocenters. The van der Waals surface area contributed by atoms with E-state index in [9.17, 15) is 0 Å². The highest BCUT2D eigenvalue weighted by molar-refractivity contribution is 5.89. The van der Waals surface area contributed by atoms with E-state index in [1.165, 1.54) is 27.8 Å². The lowest BCUT2D eigenvalue weighted by molar-refractivity contribution is 0.346. The summed E-state index contributed by atoms with van der Waals surface area (Å²) >= 11 is 0. The Balaban J connectivity index is 1.54. The largest absolute Gasteiger partial charge is 0.459 e. The second-order valence-electron chi connectivity index (χ2n) is 10.5. The zero-order valence-corrected chi connectivity index (χ0v) is 24.9. The Bertz CT molecular complexity index is 1740. The molecule has 1 aliphatic carbocycles. The standard InChI is InChI=1S/C40H39NO/c1-6-17-32(9-4)40(33-19-11-10-12-20-33)28-31(34-21-13-15-23-37(34)40)26-25-30(5)41(27-8-3)29-39-35(18-7-2)36-22-14-16-24-38(36)42-39/h6-26,28H,3,5,27,29H2,1-2,4H3/b17-6-,18-7-,26-25-,32-9+. The number of allylic oxidation sites excluding steroid dienone is 9. The number of fused-ring (bicyclic) bond motifs is 2. The molecule has 4 aromatic rings. The van der Waals surface area contributed by atoms with Crippen molar-refractivity contribution in [3.8, 4) is 0 Å². The molecule has 0 spiro atoms. The average molecular weight is 550 g/mol. The first kappa shape index (κ1) is 28.7. The van der Waals surface area contributed by atoms with E-state index in [-0.39, 0.29) is 5.41 Å². The van der Waals surface area contributed by atoms with Crippen molar-refractivity contribution in [2.75, 3.05) is 6.54 Å². The van der Waals surface area contributed by atoms with Gasteiger partial charge in [-0.25, -0.2) is 0 Å². The molecule has 42 heavy (non-hydrogen) atoms. The molecule has 0 saturated carbocycles. The Morgan fingerprint density at radius 2 is 1.60 bits per heavy atom. The highest BCUT2D eigenvalue weighted by atomic mass is 16.3. The van der Waals surface area contributed by atoms with Gasteiger partial charge in [0.1, 0.15) is 11.3 Å². The smallest absolute Gasteiger partial charge is 0.135 e. The molecule has 0 bridgehead atoms. The number of furan rings is 1. The van der Waals surface area contributed by atoms with Crippen LogP contribution in [0.3, 0.4) is 0 Å². The molecule has 0 radical (unpaired) electrons. The molecule has 2 heteroatoms. The highest BCUT2D eigenvalue weighted by Crippen LogP contribution is 2.50. The summed E-state index contributed by atoms with van der Waals surface area (Å²) in [5.41, 5.74) is 8.73. The van der Waals surface area contributed by atoms with Crippen molar-refractivity contribution in [1.29, 1.82) is 0 Å². The summed E-state index contributed by atoms with van der Waals surface area (Å²) in [5.74, 6) is 0.920. The summed E-state index contributed by atoms with van der Waals surface area (Å²) in [5, 5.41) is 1.12. The minimum atomic E-state index is -0.378. The molecule has 0 amide bonds. The van der Waals surface area contributed by atoms with Gasteiger partial charge in [0.2, 0.25) is 0 Å². The topological polar surface area (TPSA) is 16.4 Å². The van der Waals surface area contributed by atoms with Gasteiger partial charge < -0.3 is 9.32 Å². The minimum absolute atomic E-state index is 0.378. The highest BCUT2D eigenvalue weighted by Gasteiger charge is 2.41. The molecule has 0 saturated heterocycles. The fourth-order valence-corrected chi connectivity index (χ4v) is 6.07. The van der Waals surface area contributed by atoms with E-state index in [4.69, 9.17) is 4.42 Å². The number of benzene rings is 3. The van der Waals surface area contributed by atoms with Gasteiger partial charge in [-0.15, -0.1) is 6.58 Å². The predicted octanol–water partition coefficient (Wildman–Crippen LogP) is 10.4. The van der Waals surface area contributed by atoms with Gasteiger partial charge in [-0.2, -0.15) is 0 Å². The summed E-state index contributed by atoms with van der Waals surface area (Å²) in [7, 11) is 0. The van der Waals surface area contributed by atoms with Crippen LogP contribution in [0.15, 0.2) is 156 Å². The molecular weight excluding hydrogens is 510 g/mol. The lowest BCUT2D eigenvalue weighted by Gasteiger charge is -2.31. The Morgan fingerprint density at radius 3 is 2.33 bits per heavy atom. The van der Waals surface area contributed by atoms with Gasteiger partial charge in [-0.3, -0.25) is 0 Å². The number of rotatable bonds is 11. The second kappa shape index (κ2) is 12.8. The van der Waals surface area contributed by atoms with E-state index in [0.717, 1.165) is 28.0 Å². The number of hydrogen-bond acceptors (Lipinski definition) is 2. The molecule has 1 aromatic heterocycles. The fourth-order valence-electron chi connectivity index (χ4n) is 6.07. The van der Waals surface area contributed by atoms with E-state index < -0.39 is 0 Å². The molecule has 0 aliphatic heterocycles. The van der Waals surface area contributed by atoms with E-state index in [0.29, 0.717) is 13.1 Å². The van der Waals surface area contributed by atoms with E-state index in [2.05, 4.69) is 147 Å². The number of para-hydroxylation sites is 1. The molecule has 1 heterocycles. The first-order chi connectivity index (χ1) is 20.6. The van der Waals surface area contributed by atoms with Crippen LogP contribution in [0.1, 0.15) is 48.8 Å². The first-order valence-electron chi connectivity index (χ1n) is 14.6. The van der Waals surface area contributed by atoms with Crippen LogP contribution < -0.4 is 0 Å². The van der Waals surface area contributed by atoms with Crippen LogP contribution in [0.25, 0.3) is 22.6 Å². The van der Waals surface area contributed by atoms with Gasteiger partial charge >= 0.3 is 0 Å². The van der Waals surface area contributed by atoms with E-state index in [1.807, 2.05) is 25.1 Å². The molecule has 0 fully saturated rings. The van der Waals surface area contributed by atoms with Crippen LogP contribution >= 0.6 is 0 Å². The third-order valence-corrected chi connectivity index (χ3v) is 7.97.